The van der Waals surface area contributed by atoms with Crippen LogP contribution in [0.2, 0.25) is 0 Å². The van der Waals surface area contributed by atoms with E-state index in [0.717, 1.165) is 18.0 Å². The molecule has 0 bridgehead atoms. The maximum Gasteiger partial charge on any atom is 0.415 e. The number of imide groups is 1. The van der Waals surface area contributed by atoms with E-state index in [4.69, 9.17) is 0 Å². The van der Waals surface area contributed by atoms with Gasteiger partial charge < -0.3 is 4.74 Å². The summed E-state index contributed by atoms with van der Waals surface area (Å²) in [7, 11) is 0. The zero-order valence-electron chi connectivity index (χ0n) is 9.20. The molecule has 0 saturated carbocycles. The molecule has 0 aliphatic heterocycles. The number of amides is 3. The number of alkyl carbamates (subject to hydrolysis) is 1. The standard InChI is InChI=1S/C9H9BrFN3O3S/c1-2-17-9(16)13-8(15)14-18-7-3-6(11)5(10)4-12-7/h3-4H,2H2,1H3,(H2,13,14,15,16). The summed E-state index contributed by atoms with van der Waals surface area (Å²) >= 11 is 3.72. The van der Waals surface area contributed by atoms with E-state index in [0.29, 0.717) is 0 Å². The molecule has 98 valence electrons. The van der Waals surface area contributed by atoms with Crippen molar-refractivity contribution in [2.75, 3.05) is 6.61 Å². The summed E-state index contributed by atoms with van der Waals surface area (Å²) in [6.45, 7) is 1.77. The van der Waals surface area contributed by atoms with Crippen LogP contribution in [0.5, 0.6) is 0 Å². The van der Waals surface area contributed by atoms with Gasteiger partial charge in [0.1, 0.15) is 10.8 Å². The number of hydrogen-bond acceptors (Lipinski definition) is 5. The minimum atomic E-state index is -0.856. The minimum Gasteiger partial charge on any atom is -0.450 e. The maximum atomic E-state index is 13.1. The van der Waals surface area contributed by atoms with Crippen molar-refractivity contribution in [1.29, 1.82) is 0 Å². The molecule has 3 amide bonds. The van der Waals surface area contributed by atoms with Crippen molar-refractivity contribution in [3.8, 4) is 0 Å². The highest BCUT2D eigenvalue weighted by Gasteiger charge is 2.09. The Balaban J connectivity index is 2.42. The molecule has 0 spiro atoms. The number of pyridine rings is 1. The summed E-state index contributed by atoms with van der Waals surface area (Å²) in [4.78, 5) is 25.9. The Bertz CT molecular complexity index is 461. The largest absolute Gasteiger partial charge is 0.450 e. The molecule has 2 N–H and O–H groups in total. The lowest BCUT2D eigenvalue weighted by Gasteiger charge is -2.05. The molecule has 1 aromatic heterocycles. The molecular formula is C9H9BrFN3O3S. The highest BCUT2D eigenvalue weighted by atomic mass is 79.9. The molecule has 0 saturated heterocycles. The van der Waals surface area contributed by atoms with Gasteiger partial charge in [-0.25, -0.2) is 24.3 Å². The molecule has 0 unspecified atom stereocenters. The summed E-state index contributed by atoms with van der Waals surface area (Å²) in [5.41, 5.74) is 0. The van der Waals surface area contributed by atoms with Crippen molar-refractivity contribution in [2.45, 2.75) is 11.9 Å². The Morgan fingerprint density at radius 2 is 2.33 bits per heavy atom. The average Bonchev–Trinajstić information content (AvgIpc) is 2.31. The third-order valence-corrected chi connectivity index (χ3v) is 2.83. The zero-order chi connectivity index (χ0) is 13.5. The van der Waals surface area contributed by atoms with Crippen molar-refractivity contribution in [3.05, 3.63) is 22.6 Å². The average molecular weight is 338 g/mol. The first kappa shape index (κ1) is 14.7. The summed E-state index contributed by atoms with van der Waals surface area (Å²) in [5.74, 6) is -0.500. The van der Waals surface area contributed by atoms with Crippen molar-refractivity contribution >= 4 is 40.0 Å². The first-order chi connectivity index (χ1) is 8.52. The van der Waals surface area contributed by atoms with Crippen LogP contribution in [-0.2, 0) is 4.74 Å². The smallest absolute Gasteiger partial charge is 0.415 e. The van der Waals surface area contributed by atoms with Gasteiger partial charge in [-0.1, -0.05) is 0 Å². The topological polar surface area (TPSA) is 80.3 Å². The number of aromatic nitrogens is 1. The van der Waals surface area contributed by atoms with E-state index in [-0.39, 0.29) is 16.1 Å². The third kappa shape index (κ3) is 4.88. The summed E-state index contributed by atoms with van der Waals surface area (Å²) < 4.78 is 20.1. The molecule has 0 aromatic carbocycles. The molecule has 0 radical (unpaired) electrons. The van der Waals surface area contributed by atoms with Gasteiger partial charge in [0.25, 0.3) is 0 Å². The van der Waals surface area contributed by atoms with Crippen LogP contribution in [0.1, 0.15) is 6.92 Å². The number of carbonyl (C=O) groups excluding carboxylic acids is 2. The van der Waals surface area contributed by atoms with E-state index in [1.807, 2.05) is 5.32 Å². The summed E-state index contributed by atoms with van der Waals surface area (Å²) in [6, 6.07) is 0.364. The molecule has 0 atom stereocenters. The lowest BCUT2D eigenvalue weighted by Crippen LogP contribution is -2.36. The van der Waals surface area contributed by atoms with Crippen LogP contribution in [0, 0.1) is 5.82 Å². The molecule has 18 heavy (non-hydrogen) atoms. The van der Waals surface area contributed by atoms with E-state index in [1.54, 1.807) is 6.92 Å². The quantitative estimate of drug-likeness (QED) is 0.828. The van der Waals surface area contributed by atoms with Crippen LogP contribution in [0.15, 0.2) is 21.8 Å². The van der Waals surface area contributed by atoms with Crippen LogP contribution in [0.25, 0.3) is 0 Å². The molecule has 6 nitrogen and oxygen atoms in total. The second kappa shape index (κ2) is 7.17. The SMILES string of the molecule is CCOC(=O)NC(=O)NSc1cc(F)c(Br)cn1. The molecule has 9 heteroatoms. The van der Waals surface area contributed by atoms with Crippen LogP contribution in [-0.4, -0.2) is 23.7 Å². The first-order valence-electron chi connectivity index (χ1n) is 4.74. The summed E-state index contributed by atoms with van der Waals surface area (Å²) in [5, 5.41) is 2.16. The number of hydrogen-bond donors (Lipinski definition) is 2. The van der Waals surface area contributed by atoms with Gasteiger partial charge in [0, 0.05) is 24.2 Å². The van der Waals surface area contributed by atoms with Crippen molar-refractivity contribution < 1.29 is 18.7 Å². The van der Waals surface area contributed by atoms with Gasteiger partial charge in [0.15, 0.2) is 0 Å². The second-order valence-electron chi connectivity index (χ2n) is 2.82. The van der Waals surface area contributed by atoms with Crippen molar-refractivity contribution in [3.63, 3.8) is 0 Å². The number of carbonyl (C=O) groups is 2. The van der Waals surface area contributed by atoms with Gasteiger partial charge in [-0.3, -0.25) is 4.72 Å². The monoisotopic (exact) mass is 337 g/mol. The Labute approximate surface area is 115 Å². The Kier molecular flexibility index (Phi) is 5.86. The number of halogens is 2. The van der Waals surface area contributed by atoms with Gasteiger partial charge in [0.2, 0.25) is 0 Å². The fourth-order valence-corrected chi connectivity index (χ4v) is 1.57. The van der Waals surface area contributed by atoms with Gasteiger partial charge in [-0.2, -0.15) is 0 Å². The number of ether oxygens (including phenoxy) is 1. The number of urea groups is 1. The third-order valence-electron chi connectivity index (χ3n) is 1.52. The van der Waals surface area contributed by atoms with Crippen LogP contribution in [0.3, 0.4) is 0 Å². The van der Waals surface area contributed by atoms with Gasteiger partial charge in [-0.15, -0.1) is 0 Å². The molecule has 0 fully saturated rings. The van der Waals surface area contributed by atoms with Gasteiger partial charge in [0.05, 0.1) is 11.1 Å². The van der Waals surface area contributed by atoms with E-state index in [2.05, 4.69) is 30.4 Å². The van der Waals surface area contributed by atoms with Gasteiger partial charge in [-0.05, 0) is 22.9 Å². The predicted molar refractivity (Wildman–Crippen MR) is 66.4 cm³/mol. The minimum absolute atomic E-state index is 0.158. The first-order valence-corrected chi connectivity index (χ1v) is 6.35. The van der Waals surface area contributed by atoms with E-state index in [9.17, 15) is 14.0 Å². The molecule has 1 aromatic rings. The van der Waals surface area contributed by atoms with Crippen LogP contribution >= 0.6 is 27.9 Å². The lowest BCUT2D eigenvalue weighted by molar-refractivity contribution is 0.153. The van der Waals surface area contributed by atoms with Gasteiger partial charge >= 0.3 is 12.1 Å². The van der Waals surface area contributed by atoms with Crippen LogP contribution < -0.4 is 10.0 Å². The molecule has 1 rings (SSSR count). The van der Waals surface area contributed by atoms with E-state index < -0.39 is 17.9 Å². The lowest BCUT2D eigenvalue weighted by atomic mass is 10.5. The number of rotatable bonds is 3. The number of nitrogens with zero attached hydrogens (tertiary/aromatic N) is 1. The molecular weight excluding hydrogens is 329 g/mol. The van der Waals surface area contributed by atoms with E-state index >= 15 is 0 Å². The Morgan fingerprint density at radius 1 is 1.61 bits per heavy atom. The Hall–Kier alpha value is -1.35. The second-order valence-corrected chi connectivity index (χ2v) is 4.50. The van der Waals surface area contributed by atoms with Crippen molar-refractivity contribution in [1.82, 2.24) is 15.0 Å². The fourth-order valence-electron chi connectivity index (χ4n) is 0.836. The normalized spacial score (nSPS) is 9.72. The maximum absolute atomic E-state index is 13.1. The highest BCUT2D eigenvalue weighted by molar-refractivity contribution is 9.10. The Morgan fingerprint density at radius 3 is 2.94 bits per heavy atom. The zero-order valence-corrected chi connectivity index (χ0v) is 11.6. The highest BCUT2D eigenvalue weighted by Crippen LogP contribution is 2.18. The summed E-state index contributed by atoms with van der Waals surface area (Å²) in [6.07, 6.45) is 0.410. The molecule has 1 heterocycles. The van der Waals surface area contributed by atoms with E-state index in [1.165, 1.54) is 6.20 Å². The van der Waals surface area contributed by atoms with Crippen molar-refractivity contribution in [2.24, 2.45) is 0 Å². The van der Waals surface area contributed by atoms with Crippen LogP contribution in [0.4, 0.5) is 14.0 Å². The number of nitrogens with one attached hydrogen (secondary N) is 2. The predicted octanol–water partition coefficient (Wildman–Crippen LogP) is 2.45. The molecule has 0 aliphatic rings. The molecule has 0 aliphatic carbocycles. The fraction of sp³-hybridized carbons (Fsp3) is 0.222.